The number of aromatic nitrogens is 3. The Balaban J connectivity index is 1.38. The summed E-state index contributed by atoms with van der Waals surface area (Å²) in [4.78, 5) is 2.54. The van der Waals surface area contributed by atoms with Crippen molar-refractivity contribution in [2.24, 2.45) is 11.8 Å². The molecule has 5 rings (SSSR count). The van der Waals surface area contributed by atoms with E-state index in [1.807, 2.05) is 0 Å². The quantitative estimate of drug-likeness (QED) is 0.867. The highest BCUT2D eigenvalue weighted by Crippen LogP contribution is 2.51. The normalized spacial score (nSPS) is 31.6. The number of hydrogen-bond acceptors (Lipinski definition) is 5. The molecule has 3 aliphatic rings. The van der Waals surface area contributed by atoms with Gasteiger partial charge >= 0.3 is 0 Å². The number of hydrogen-bond donors (Lipinski definition) is 1. The summed E-state index contributed by atoms with van der Waals surface area (Å²) in [7, 11) is -3.58. The van der Waals surface area contributed by atoms with Gasteiger partial charge in [0.2, 0.25) is 10.0 Å². The molecule has 26 heavy (non-hydrogen) atoms. The largest absolute Gasteiger partial charge is 0.297 e. The van der Waals surface area contributed by atoms with E-state index in [4.69, 9.17) is 0 Å². The molecule has 0 spiro atoms. The van der Waals surface area contributed by atoms with Crippen LogP contribution in [0.2, 0.25) is 0 Å². The molecular formula is C17H20FN5O2S. The van der Waals surface area contributed by atoms with E-state index in [1.165, 1.54) is 24.3 Å². The highest BCUT2D eigenvalue weighted by molar-refractivity contribution is 7.89. The van der Waals surface area contributed by atoms with Gasteiger partial charge in [-0.25, -0.2) is 12.8 Å². The zero-order valence-electron chi connectivity index (χ0n) is 14.1. The third kappa shape index (κ3) is 2.41. The topological polar surface area (TPSA) is 82.2 Å². The van der Waals surface area contributed by atoms with Crippen LogP contribution in [0.4, 0.5) is 4.39 Å². The first-order valence-electron chi connectivity index (χ1n) is 8.90. The zero-order chi connectivity index (χ0) is 17.9. The van der Waals surface area contributed by atoms with E-state index in [0.717, 1.165) is 38.2 Å². The van der Waals surface area contributed by atoms with Crippen LogP contribution in [0.15, 0.2) is 35.4 Å². The zero-order valence-corrected chi connectivity index (χ0v) is 14.9. The van der Waals surface area contributed by atoms with Crippen LogP contribution in [0.3, 0.4) is 0 Å². The molecule has 2 bridgehead atoms. The second kappa shape index (κ2) is 5.83. The van der Waals surface area contributed by atoms with Gasteiger partial charge in [0.1, 0.15) is 5.82 Å². The van der Waals surface area contributed by atoms with Crippen LogP contribution < -0.4 is 0 Å². The number of rotatable bonds is 4. The molecule has 0 saturated carbocycles. The lowest BCUT2D eigenvalue weighted by molar-refractivity contribution is 0.259. The summed E-state index contributed by atoms with van der Waals surface area (Å²) >= 11 is 0. The summed E-state index contributed by atoms with van der Waals surface area (Å²) in [6, 6.07) is 5.26. The highest BCUT2D eigenvalue weighted by atomic mass is 32.2. The van der Waals surface area contributed by atoms with Crippen molar-refractivity contribution in [1.29, 1.82) is 0 Å². The van der Waals surface area contributed by atoms with Crippen LogP contribution in [0.5, 0.6) is 0 Å². The van der Waals surface area contributed by atoms with Gasteiger partial charge in [0.25, 0.3) is 0 Å². The van der Waals surface area contributed by atoms with Crippen LogP contribution in [-0.2, 0) is 16.6 Å². The number of fused-ring (bicyclic) bond motifs is 5. The first kappa shape index (κ1) is 16.3. The molecule has 2 aromatic rings. The lowest BCUT2D eigenvalue weighted by Gasteiger charge is -2.26. The Hall–Kier alpha value is -1.84. The van der Waals surface area contributed by atoms with Gasteiger partial charge in [0.15, 0.2) is 0 Å². The lowest BCUT2D eigenvalue weighted by atomic mass is 9.82. The van der Waals surface area contributed by atoms with Crippen LogP contribution >= 0.6 is 0 Å². The van der Waals surface area contributed by atoms with Crippen molar-refractivity contribution in [3.8, 4) is 0 Å². The number of halogens is 1. The highest BCUT2D eigenvalue weighted by Gasteiger charge is 2.60. The Morgan fingerprint density at radius 2 is 1.77 bits per heavy atom. The molecule has 0 unspecified atom stereocenters. The van der Waals surface area contributed by atoms with Crippen LogP contribution in [0.25, 0.3) is 0 Å². The number of aromatic amines is 1. The molecule has 9 heteroatoms. The number of nitrogens with zero attached hydrogens (tertiary/aromatic N) is 4. The van der Waals surface area contributed by atoms with Crippen LogP contribution in [0.1, 0.15) is 18.5 Å². The summed E-state index contributed by atoms with van der Waals surface area (Å²) in [5.41, 5.74) is 0.910. The minimum Gasteiger partial charge on any atom is -0.297 e. The van der Waals surface area contributed by atoms with Gasteiger partial charge in [0.05, 0.1) is 16.8 Å². The molecule has 1 aromatic heterocycles. The number of benzene rings is 1. The van der Waals surface area contributed by atoms with Gasteiger partial charge < -0.3 is 0 Å². The molecule has 3 fully saturated rings. The van der Waals surface area contributed by atoms with Crippen molar-refractivity contribution < 1.29 is 12.8 Å². The van der Waals surface area contributed by atoms with Crippen molar-refractivity contribution in [3.05, 3.63) is 42.0 Å². The molecule has 3 saturated heterocycles. The molecule has 3 aliphatic heterocycles. The SMILES string of the molecule is O=S(=O)(c1ccc(F)cc1)N1[C@@H]2CC[C@H]1[C@H]1CN(Cc3cn[nH]n3)C[C@H]12. The van der Waals surface area contributed by atoms with E-state index in [0.29, 0.717) is 11.8 Å². The van der Waals surface area contributed by atoms with E-state index in [9.17, 15) is 12.8 Å². The summed E-state index contributed by atoms with van der Waals surface area (Å²) < 4.78 is 41.2. The van der Waals surface area contributed by atoms with E-state index >= 15 is 0 Å². The molecule has 4 atom stereocenters. The van der Waals surface area contributed by atoms with E-state index in [1.54, 1.807) is 10.5 Å². The first-order chi connectivity index (χ1) is 12.5. The Kier molecular flexibility index (Phi) is 3.67. The molecule has 7 nitrogen and oxygen atoms in total. The van der Waals surface area contributed by atoms with Crippen molar-refractivity contribution in [2.45, 2.75) is 36.4 Å². The molecule has 138 valence electrons. The minimum absolute atomic E-state index is 0.0439. The second-order valence-electron chi connectivity index (χ2n) is 7.48. The third-order valence-electron chi connectivity index (χ3n) is 6.13. The summed E-state index contributed by atoms with van der Waals surface area (Å²) in [5.74, 6) is 0.292. The number of nitrogens with one attached hydrogen (secondary N) is 1. The van der Waals surface area contributed by atoms with Gasteiger partial charge in [0, 0.05) is 31.7 Å². The summed E-state index contributed by atoms with van der Waals surface area (Å²) in [6.07, 6.45) is 3.54. The fourth-order valence-corrected chi connectivity index (χ4v) is 7.11. The van der Waals surface area contributed by atoms with Crippen molar-refractivity contribution in [3.63, 3.8) is 0 Å². The van der Waals surface area contributed by atoms with Gasteiger partial charge in [-0.3, -0.25) is 4.90 Å². The summed E-state index contributed by atoms with van der Waals surface area (Å²) in [6.45, 7) is 2.51. The Bertz CT molecular complexity index is 882. The first-order valence-corrected chi connectivity index (χ1v) is 10.3. The smallest absolute Gasteiger partial charge is 0.243 e. The Morgan fingerprint density at radius 1 is 1.12 bits per heavy atom. The number of sulfonamides is 1. The van der Waals surface area contributed by atoms with Gasteiger partial charge in [-0.15, -0.1) is 0 Å². The maximum atomic E-state index is 13.2. The molecule has 1 aromatic carbocycles. The fraction of sp³-hybridized carbons (Fsp3) is 0.529. The Morgan fingerprint density at radius 3 is 2.35 bits per heavy atom. The van der Waals surface area contributed by atoms with Gasteiger partial charge in [-0.1, -0.05) is 0 Å². The fourth-order valence-electron chi connectivity index (χ4n) is 5.15. The predicted molar refractivity (Wildman–Crippen MR) is 90.9 cm³/mol. The third-order valence-corrected chi connectivity index (χ3v) is 8.09. The number of likely N-dealkylation sites (tertiary alicyclic amines) is 1. The Labute approximate surface area is 151 Å². The summed E-state index contributed by atoms with van der Waals surface area (Å²) in [5, 5.41) is 10.6. The molecule has 4 heterocycles. The van der Waals surface area contributed by atoms with E-state index < -0.39 is 15.8 Å². The predicted octanol–water partition coefficient (Wildman–Crippen LogP) is 1.23. The standard InChI is InChI=1S/C17H20FN5O2S/c18-11-1-3-13(4-2-11)26(24,25)23-16-5-6-17(23)15-10-22(9-14(15)16)8-12-7-19-21-20-12/h1-4,7,14-17H,5-6,8-10H2,(H,19,20,21)/t14-,15+,16-,17+. The molecule has 0 radical (unpaired) electrons. The van der Waals surface area contributed by atoms with Crippen molar-refractivity contribution in [1.82, 2.24) is 24.6 Å². The van der Waals surface area contributed by atoms with Crippen molar-refractivity contribution in [2.75, 3.05) is 13.1 Å². The maximum Gasteiger partial charge on any atom is 0.243 e. The van der Waals surface area contributed by atoms with Gasteiger partial charge in [-0.2, -0.15) is 19.7 Å². The minimum atomic E-state index is -3.58. The average molecular weight is 377 g/mol. The molecule has 0 aliphatic carbocycles. The lowest BCUT2D eigenvalue weighted by Crippen LogP contribution is -2.39. The molecule has 1 N–H and O–H groups in total. The maximum absolute atomic E-state index is 13.2. The van der Waals surface area contributed by atoms with Crippen LogP contribution in [0, 0.1) is 17.7 Å². The van der Waals surface area contributed by atoms with E-state index in [-0.39, 0.29) is 17.0 Å². The molecular weight excluding hydrogens is 357 g/mol. The molecule has 0 amide bonds. The van der Waals surface area contributed by atoms with E-state index in [2.05, 4.69) is 20.3 Å². The van der Waals surface area contributed by atoms with Crippen LogP contribution in [-0.4, -0.2) is 58.2 Å². The average Bonchev–Trinajstić information content (AvgIpc) is 3.37. The van der Waals surface area contributed by atoms with Gasteiger partial charge in [-0.05, 0) is 48.9 Å². The number of H-pyrrole nitrogens is 1. The second-order valence-corrected chi connectivity index (χ2v) is 9.33. The van der Waals surface area contributed by atoms with Crippen molar-refractivity contribution >= 4 is 10.0 Å². The monoisotopic (exact) mass is 377 g/mol.